The van der Waals surface area contributed by atoms with Crippen molar-refractivity contribution < 1.29 is 4.79 Å². The molecule has 2 heteroatoms. The average Bonchev–Trinajstić information content (AvgIpc) is 2.21. The Morgan fingerprint density at radius 2 is 1.65 bits per heavy atom. The summed E-state index contributed by atoms with van der Waals surface area (Å²) in [5.41, 5.74) is 10.6. The fourth-order valence-electron chi connectivity index (χ4n) is 2.15. The van der Waals surface area contributed by atoms with Crippen LogP contribution in [-0.4, -0.2) is 11.8 Å². The van der Waals surface area contributed by atoms with Crippen LogP contribution in [0.5, 0.6) is 0 Å². The Morgan fingerprint density at radius 1 is 1.18 bits per heavy atom. The van der Waals surface area contributed by atoms with Crippen LogP contribution in [0.3, 0.4) is 0 Å². The van der Waals surface area contributed by atoms with Crippen molar-refractivity contribution in [3.05, 3.63) is 34.4 Å². The van der Waals surface area contributed by atoms with Crippen molar-refractivity contribution in [3.8, 4) is 0 Å². The van der Waals surface area contributed by atoms with Gasteiger partial charge in [-0.1, -0.05) is 31.5 Å². The van der Waals surface area contributed by atoms with E-state index in [0.717, 1.165) is 5.56 Å². The first-order chi connectivity index (χ1) is 7.82. The highest BCUT2D eigenvalue weighted by Crippen LogP contribution is 2.18. The Morgan fingerprint density at radius 3 is 2.06 bits per heavy atom. The van der Waals surface area contributed by atoms with Gasteiger partial charge in [0.2, 0.25) is 0 Å². The molecule has 1 unspecified atom stereocenters. The van der Waals surface area contributed by atoms with Crippen LogP contribution in [0.15, 0.2) is 12.1 Å². The third-order valence-corrected chi connectivity index (χ3v) is 3.28. The second kappa shape index (κ2) is 5.46. The highest BCUT2D eigenvalue weighted by atomic mass is 16.1. The monoisotopic (exact) mass is 233 g/mol. The van der Waals surface area contributed by atoms with Crippen molar-refractivity contribution in [1.82, 2.24) is 0 Å². The number of rotatable bonds is 4. The van der Waals surface area contributed by atoms with Gasteiger partial charge in [0.05, 0.1) is 6.04 Å². The van der Waals surface area contributed by atoms with E-state index in [4.69, 9.17) is 5.73 Å². The first-order valence-corrected chi connectivity index (χ1v) is 6.18. The van der Waals surface area contributed by atoms with Crippen LogP contribution in [0.2, 0.25) is 0 Å². The first-order valence-electron chi connectivity index (χ1n) is 6.18. The molecule has 0 aliphatic heterocycles. The lowest BCUT2D eigenvalue weighted by molar-refractivity contribution is -0.120. The van der Waals surface area contributed by atoms with Gasteiger partial charge in [-0.2, -0.15) is 0 Å². The summed E-state index contributed by atoms with van der Waals surface area (Å²) in [4.78, 5) is 12.0. The molecule has 2 nitrogen and oxygen atoms in total. The number of nitrogens with two attached hydrogens (primary N) is 1. The van der Waals surface area contributed by atoms with Crippen LogP contribution >= 0.6 is 0 Å². The third-order valence-electron chi connectivity index (χ3n) is 3.28. The molecule has 0 saturated heterocycles. The second-order valence-corrected chi connectivity index (χ2v) is 5.29. The van der Waals surface area contributed by atoms with Crippen LogP contribution in [0.1, 0.15) is 36.1 Å². The Labute approximate surface area is 104 Å². The van der Waals surface area contributed by atoms with Crippen LogP contribution < -0.4 is 5.73 Å². The molecule has 0 saturated carbocycles. The van der Waals surface area contributed by atoms with E-state index in [1.807, 2.05) is 13.8 Å². The molecule has 0 heterocycles. The van der Waals surface area contributed by atoms with E-state index in [1.165, 1.54) is 16.7 Å². The summed E-state index contributed by atoms with van der Waals surface area (Å²) in [6.45, 7) is 10.2. The van der Waals surface area contributed by atoms with E-state index in [0.29, 0.717) is 6.42 Å². The second-order valence-electron chi connectivity index (χ2n) is 5.29. The molecular weight excluding hydrogens is 210 g/mol. The van der Waals surface area contributed by atoms with Crippen molar-refractivity contribution >= 4 is 5.78 Å². The van der Waals surface area contributed by atoms with E-state index in [9.17, 15) is 4.79 Å². The maximum atomic E-state index is 12.0. The fourth-order valence-corrected chi connectivity index (χ4v) is 2.15. The summed E-state index contributed by atoms with van der Waals surface area (Å²) in [5.74, 6) is 0.337. The molecule has 0 radical (unpaired) electrons. The van der Waals surface area contributed by atoms with Gasteiger partial charge in [-0.05, 0) is 43.4 Å². The maximum absolute atomic E-state index is 12.0. The molecule has 0 aromatic heterocycles. The molecule has 0 bridgehead atoms. The summed E-state index contributed by atoms with van der Waals surface area (Å²) < 4.78 is 0. The van der Waals surface area contributed by atoms with Crippen molar-refractivity contribution in [2.75, 3.05) is 0 Å². The number of aryl methyl sites for hydroxylation is 3. The van der Waals surface area contributed by atoms with Crippen LogP contribution in [0.25, 0.3) is 0 Å². The van der Waals surface area contributed by atoms with Crippen LogP contribution in [-0.2, 0) is 11.2 Å². The molecule has 1 rings (SSSR count). The van der Waals surface area contributed by atoms with Gasteiger partial charge in [-0.3, -0.25) is 4.79 Å². The zero-order valence-electron chi connectivity index (χ0n) is 11.5. The smallest absolute Gasteiger partial charge is 0.154 e. The topological polar surface area (TPSA) is 43.1 Å². The number of ketones is 1. The number of carbonyl (C=O) groups excluding carboxylic acids is 1. The number of hydrogen-bond donors (Lipinski definition) is 1. The van der Waals surface area contributed by atoms with Crippen molar-refractivity contribution in [1.29, 1.82) is 0 Å². The molecule has 17 heavy (non-hydrogen) atoms. The lowest BCUT2D eigenvalue weighted by Crippen LogP contribution is -2.36. The summed E-state index contributed by atoms with van der Waals surface area (Å²) in [6, 6.07) is 3.89. The first kappa shape index (κ1) is 13.9. The molecule has 1 aromatic rings. The van der Waals surface area contributed by atoms with Gasteiger partial charge >= 0.3 is 0 Å². The predicted molar refractivity (Wildman–Crippen MR) is 72.2 cm³/mol. The zero-order chi connectivity index (χ0) is 13.2. The average molecular weight is 233 g/mol. The van der Waals surface area contributed by atoms with E-state index in [-0.39, 0.29) is 17.7 Å². The Kier molecular flexibility index (Phi) is 4.47. The molecule has 94 valence electrons. The van der Waals surface area contributed by atoms with Crippen molar-refractivity contribution in [2.45, 2.75) is 47.1 Å². The minimum absolute atomic E-state index is 0.134. The largest absolute Gasteiger partial charge is 0.321 e. The minimum atomic E-state index is -0.352. The van der Waals surface area contributed by atoms with E-state index in [1.54, 1.807) is 0 Å². The summed E-state index contributed by atoms with van der Waals surface area (Å²) >= 11 is 0. The Bertz CT molecular complexity index is 398. The zero-order valence-corrected chi connectivity index (χ0v) is 11.5. The van der Waals surface area contributed by atoms with Gasteiger partial charge in [0.25, 0.3) is 0 Å². The Hall–Kier alpha value is -1.15. The third kappa shape index (κ3) is 3.40. The lowest BCUT2D eigenvalue weighted by atomic mass is 9.91. The van der Waals surface area contributed by atoms with Gasteiger partial charge in [0.15, 0.2) is 5.78 Å². The normalized spacial score (nSPS) is 12.9. The van der Waals surface area contributed by atoms with Crippen LogP contribution in [0.4, 0.5) is 0 Å². The van der Waals surface area contributed by atoms with Crippen molar-refractivity contribution in [3.63, 3.8) is 0 Å². The fraction of sp³-hybridized carbons (Fsp3) is 0.533. The quantitative estimate of drug-likeness (QED) is 0.869. The van der Waals surface area contributed by atoms with Gasteiger partial charge < -0.3 is 5.73 Å². The SMILES string of the molecule is Cc1cc(C)c(CC(=O)C(N)C(C)C)c(C)c1. The van der Waals surface area contributed by atoms with Gasteiger partial charge in [0, 0.05) is 6.42 Å². The highest BCUT2D eigenvalue weighted by molar-refractivity contribution is 5.86. The molecular formula is C15H23NO. The van der Waals surface area contributed by atoms with Gasteiger partial charge in [-0.15, -0.1) is 0 Å². The van der Waals surface area contributed by atoms with Crippen molar-refractivity contribution in [2.24, 2.45) is 11.7 Å². The van der Waals surface area contributed by atoms with Gasteiger partial charge in [0.1, 0.15) is 0 Å². The highest BCUT2D eigenvalue weighted by Gasteiger charge is 2.19. The number of hydrogen-bond acceptors (Lipinski definition) is 2. The summed E-state index contributed by atoms with van der Waals surface area (Å²) in [5, 5.41) is 0. The summed E-state index contributed by atoms with van der Waals surface area (Å²) in [7, 11) is 0. The predicted octanol–water partition coefficient (Wildman–Crippen LogP) is 2.71. The lowest BCUT2D eigenvalue weighted by Gasteiger charge is -2.16. The van der Waals surface area contributed by atoms with E-state index >= 15 is 0 Å². The van der Waals surface area contributed by atoms with E-state index in [2.05, 4.69) is 32.9 Å². The number of carbonyl (C=O) groups is 1. The molecule has 0 spiro atoms. The molecule has 1 atom stereocenters. The standard InChI is InChI=1S/C15H23NO/c1-9(2)15(16)14(17)8-13-11(4)6-10(3)7-12(13)5/h6-7,9,15H,8,16H2,1-5H3. The maximum Gasteiger partial charge on any atom is 0.154 e. The summed E-state index contributed by atoms with van der Waals surface area (Å²) in [6.07, 6.45) is 0.456. The molecule has 2 N–H and O–H groups in total. The molecule has 1 aromatic carbocycles. The van der Waals surface area contributed by atoms with Gasteiger partial charge in [-0.25, -0.2) is 0 Å². The molecule has 0 amide bonds. The van der Waals surface area contributed by atoms with Crippen LogP contribution in [0, 0.1) is 26.7 Å². The number of Topliss-reactive ketones (excluding diaryl/α,β-unsaturated/α-hetero) is 1. The Balaban J connectivity index is 2.93. The number of benzene rings is 1. The minimum Gasteiger partial charge on any atom is -0.321 e. The molecule has 0 aliphatic rings. The van der Waals surface area contributed by atoms with E-state index < -0.39 is 0 Å². The molecule has 0 aliphatic carbocycles. The molecule has 0 fully saturated rings.